The van der Waals surface area contributed by atoms with E-state index in [0.717, 1.165) is 5.56 Å². The quantitative estimate of drug-likeness (QED) is 0.871. The molecule has 5 nitrogen and oxygen atoms in total. The summed E-state index contributed by atoms with van der Waals surface area (Å²) in [5, 5.41) is 0. The third-order valence-corrected chi connectivity index (χ3v) is 4.68. The molecule has 1 aromatic heterocycles. The molecule has 2 rings (SSSR count). The fourth-order valence-electron chi connectivity index (χ4n) is 1.84. The van der Waals surface area contributed by atoms with Gasteiger partial charge < -0.3 is 10.5 Å². The second-order valence-corrected chi connectivity index (χ2v) is 6.39. The molecule has 0 spiro atoms. The maximum absolute atomic E-state index is 12.5. The van der Waals surface area contributed by atoms with Crippen molar-refractivity contribution in [3.05, 3.63) is 47.8 Å². The Labute approximate surface area is 118 Å². The number of aryl methyl sites for hydroxylation is 1. The topological polar surface area (TPSA) is 82.3 Å². The van der Waals surface area contributed by atoms with Crippen LogP contribution in [0.15, 0.2) is 41.4 Å². The number of nitrogens with zero attached hydrogens (tertiary/aromatic N) is 1. The molecule has 0 unspecified atom stereocenters. The number of pyridine rings is 1. The van der Waals surface area contributed by atoms with Gasteiger partial charge in [-0.15, -0.1) is 0 Å². The third-order valence-electron chi connectivity index (χ3n) is 3.00. The lowest BCUT2D eigenvalue weighted by molar-refractivity contribution is 0.413. The number of nitrogens with two attached hydrogens (primary N) is 1. The number of benzene rings is 1. The standard InChI is InChI=1S/C14H16N2O3S/c1-10-4-3-7-16-13(10)9-20(17,18)14-8-11(19-2)5-6-12(14)15/h3-8H,9,15H2,1-2H3. The van der Waals surface area contributed by atoms with Gasteiger partial charge in [-0.3, -0.25) is 4.98 Å². The van der Waals surface area contributed by atoms with Gasteiger partial charge in [0.15, 0.2) is 9.84 Å². The highest BCUT2D eigenvalue weighted by Gasteiger charge is 2.20. The summed E-state index contributed by atoms with van der Waals surface area (Å²) < 4.78 is 30.0. The Morgan fingerprint density at radius 2 is 2.05 bits per heavy atom. The fourth-order valence-corrected chi connectivity index (χ4v) is 3.38. The van der Waals surface area contributed by atoms with Crippen molar-refractivity contribution in [2.24, 2.45) is 0 Å². The molecule has 0 amide bonds. The first kappa shape index (κ1) is 14.3. The summed E-state index contributed by atoms with van der Waals surface area (Å²) in [4.78, 5) is 4.18. The monoisotopic (exact) mass is 292 g/mol. The van der Waals surface area contributed by atoms with Crippen LogP contribution in [0.3, 0.4) is 0 Å². The van der Waals surface area contributed by atoms with Gasteiger partial charge >= 0.3 is 0 Å². The lowest BCUT2D eigenvalue weighted by atomic mass is 10.2. The summed E-state index contributed by atoms with van der Waals surface area (Å²) in [6.07, 6.45) is 1.58. The van der Waals surface area contributed by atoms with Crippen LogP contribution < -0.4 is 10.5 Å². The smallest absolute Gasteiger partial charge is 0.186 e. The first-order chi connectivity index (χ1) is 9.44. The van der Waals surface area contributed by atoms with E-state index in [1.165, 1.54) is 19.2 Å². The summed E-state index contributed by atoms with van der Waals surface area (Å²) >= 11 is 0. The molecule has 0 aliphatic heterocycles. The molecule has 6 heteroatoms. The second-order valence-electron chi connectivity index (χ2n) is 4.43. The Morgan fingerprint density at radius 1 is 1.30 bits per heavy atom. The van der Waals surface area contributed by atoms with Crippen LogP contribution in [0.2, 0.25) is 0 Å². The molecule has 0 aliphatic rings. The Kier molecular flexibility index (Phi) is 3.94. The van der Waals surface area contributed by atoms with Crippen molar-refractivity contribution < 1.29 is 13.2 Å². The minimum atomic E-state index is -3.57. The summed E-state index contributed by atoms with van der Waals surface area (Å²) in [6, 6.07) is 8.18. The highest BCUT2D eigenvalue weighted by Crippen LogP contribution is 2.27. The molecule has 20 heavy (non-hydrogen) atoms. The van der Waals surface area contributed by atoms with E-state index in [-0.39, 0.29) is 16.3 Å². The van der Waals surface area contributed by atoms with E-state index in [0.29, 0.717) is 11.4 Å². The first-order valence-electron chi connectivity index (χ1n) is 6.01. The van der Waals surface area contributed by atoms with E-state index in [2.05, 4.69) is 4.98 Å². The first-order valence-corrected chi connectivity index (χ1v) is 7.66. The molecule has 0 fully saturated rings. The van der Waals surface area contributed by atoms with E-state index in [1.807, 2.05) is 13.0 Å². The van der Waals surface area contributed by atoms with Crippen LogP contribution >= 0.6 is 0 Å². The molecule has 0 radical (unpaired) electrons. The zero-order valence-corrected chi connectivity index (χ0v) is 12.1. The van der Waals surface area contributed by atoms with Gasteiger partial charge in [-0.25, -0.2) is 8.42 Å². The Hall–Kier alpha value is -2.08. The van der Waals surface area contributed by atoms with Gasteiger partial charge in [0.25, 0.3) is 0 Å². The molecule has 0 atom stereocenters. The fraction of sp³-hybridized carbons (Fsp3) is 0.214. The van der Waals surface area contributed by atoms with Gasteiger partial charge in [0.05, 0.1) is 29.1 Å². The van der Waals surface area contributed by atoms with Crippen molar-refractivity contribution in [3.8, 4) is 5.75 Å². The van der Waals surface area contributed by atoms with Crippen LogP contribution in [0.1, 0.15) is 11.3 Å². The molecular weight excluding hydrogens is 276 g/mol. The normalized spacial score (nSPS) is 11.3. The Bertz CT molecular complexity index is 727. The van der Waals surface area contributed by atoms with E-state index in [9.17, 15) is 8.42 Å². The number of hydrogen-bond donors (Lipinski definition) is 1. The molecule has 106 valence electrons. The molecule has 0 saturated heterocycles. The SMILES string of the molecule is COc1ccc(N)c(S(=O)(=O)Cc2ncccc2C)c1. The molecule has 0 bridgehead atoms. The number of anilines is 1. The number of aromatic nitrogens is 1. The maximum Gasteiger partial charge on any atom is 0.186 e. The van der Waals surface area contributed by atoms with Crippen LogP contribution in [0.4, 0.5) is 5.69 Å². The van der Waals surface area contributed by atoms with Crippen LogP contribution in [-0.2, 0) is 15.6 Å². The lowest BCUT2D eigenvalue weighted by Crippen LogP contribution is -2.10. The molecule has 1 aromatic carbocycles. The van der Waals surface area contributed by atoms with Gasteiger partial charge in [-0.1, -0.05) is 6.07 Å². The molecule has 1 heterocycles. The minimum Gasteiger partial charge on any atom is -0.497 e. The number of rotatable bonds is 4. The van der Waals surface area contributed by atoms with Gasteiger partial charge in [0.2, 0.25) is 0 Å². The zero-order chi connectivity index (χ0) is 14.8. The molecular formula is C14H16N2O3S. The second kappa shape index (κ2) is 5.50. The number of nitrogen functional groups attached to an aromatic ring is 1. The van der Waals surface area contributed by atoms with Crippen LogP contribution in [0.5, 0.6) is 5.75 Å². The van der Waals surface area contributed by atoms with Gasteiger partial charge in [0.1, 0.15) is 5.75 Å². The summed E-state index contributed by atoms with van der Waals surface area (Å²) in [5.41, 5.74) is 7.33. The van der Waals surface area contributed by atoms with Crippen LogP contribution in [-0.4, -0.2) is 20.5 Å². The van der Waals surface area contributed by atoms with Crippen LogP contribution in [0.25, 0.3) is 0 Å². The van der Waals surface area contributed by atoms with E-state index < -0.39 is 9.84 Å². The Morgan fingerprint density at radius 3 is 2.70 bits per heavy atom. The Balaban J connectivity index is 2.43. The van der Waals surface area contributed by atoms with E-state index >= 15 is 0 Å². The summed E-state index contributed by atoms with van der Waals surface area (Å²) in [7, 11) is -2.09. The average molecular weight is 292 g/mol. The summed E-state index contributed by atoms with van der Waals surface area (Å²) in [5.74, 6) is 0.271. The number of ether oxygens (including phenoxy) is 1. The molecule has 2 aromatic rings. The summed E-state index contributed by atoms with van der Waals surface area (Å²) in [6.45, 7) is 1.83. The van der Waals surface area contributed by atoms with Gasteiger partial charge in [0, 0.05) is 12.3 Å². The minimum absolute atomic E-state index is 0.0712. The molecule has 2 N–H and O–H groups in total. The molecule has 0 aliphatic carbocycles. The van der Waals surface area contributed by atoms with Crippen molar-refractivity contribution in [2.75, 3.05) is 12.8 Å². The predicted octanol–water partition coefficient (Wildman–Crippen LogP) is 1.95. The van der Waals surface area contributed by atoms with Gasteiger partial charge in [-0.2, -0.15) is 0 Å². The largest absolute Gasteiger partial charge is 0.497 e. The van der Waals surface area contributed by atoms with Crippen molar-refractivity contribution in [2.45, 2.75) is 17.6 Å². The number of sulfone groups is 1. The van der Waals surface area contributed by atoms with Crippen molar-refractivity contribution >= 4 is 15.5 Å². The maximum atomic E-state index is 12.5. The zero-order valence-electron chi connectivity index (χ0n) is 11.3. The van der Waals surface area contributed by atoms with E-state index in [4.69, 9.17) is 10.5 Å². The average Bonchev–Trinajstić information content (AvgIpc) is 2.41. The highest BCUT2D eigenvalue weighted by atomic mass is 32.2. The van der Waals surface area contributed by atoms with Crippen molar-refractivity contribution in [1.29, 1.82) is 0 Å². The van der Waals surface area contributed by atoms with Crippen LogP contribution in [0, 0.1) is 6.92 Å². The third kappa shape index (κ3) is 2.91. The van der Waals surface area contributed by atoms with Gasteiger partial charge in [-0.05, 0) is 30.7 Å². The predicted molar refractivity (Wildman–Crippen MR) is 77.3 cm³/mol. The lowest BCUT2D eigenvalue weighted by Gasteiger charge is -2.10. The number of hydrogen-bond acceptors (Lipinski definition) is 5. The van der Waals surface area contributed by atoms with Crippen molar-refractivity contribution in [1.82, 2.24) is 4.98 Å². The molecule has 0 saturated carbocycles. The number of methoxy groups -OCH3 is 1. The van der Waals surface area contributed by atoms with Crippen molar-refractivity contribution in [3.63, 3.8) is 0 Å². The van der Waals surface area contributed by atoms with E-state index in [1.54, 1.807) is 18.3 Å². The highest BCUT2D eigenvalue weighted by molar-refractivity contribution is 7.90.